The van der Waals surface area contributed by atoms with Crippen LogP contribution < -0.4 is 4.90 Å². The SMILES string of the molecule is C=C/C=C(\C=C)N(c1ccccc1)c1ccc(-c2c3ccccc3c(-c3cccc(-c4c5ccccc5c(-c5ccc(C(c6ccccc6)c6ccccc6)cc5)c5ccccc45)c3)c3ccccc23)cc1. The van der Waals surface area contributed by atoms with E-state index in [1.54, 1.807) is 0 Å². The van der Waals surface area contributed by atoms with Crippen molar-refractivity contribution in [3.05, 3.63) is 315 Å². The van der Waals surface area contributed by atoms with Gasteiger partial charge in [-0.05, 0) is 147 Å². The smallest absolute Gasteiger partial charge is 0.0462 e. The monoisotopic (exact) mass is 917 g/mol. The first-order chi connectivity index (χ1) is 35.7. The molecule has 0 atom stereocenters. The van der Waals surface area contributed by atoms with Crippen molar-refractivity contribution >= 4 is 54.5 Å². The number of para-hydroxylation sites is 1. The zero-order valence-corrected chi connectivity index (χ0v) is 40.0. The molecule has 0 saturated carbocycles. The normalized spacial score (nSPS) is 11.7. The summed E-state index contributed by atoms with van der Waals surface area (Å²) in [7, 11) is 0. The second-order valence-corrected chi connectivity index (χ2v) is 18.4. The first-order valence-corrected chi connectivity index (χ1v) is 24.8. The average molecular weight is 918 g/mol. The highest BCUT2D eigenvalue weighted by Gasteiger charge is 2.22. The number of nitrogens with zero attached hydrogens (tertiary/aromatic N) is 1. The lowest BCUT2D eigenvalue weighted by molar-refractivity contribution is 0.978. The quantitative estimate of drug-likeness (QED) is 0.0670. The van der Waals surface area contributed by atoms with Gasteiger partial charge in [-0.3, -0.25) is 0 Å². The summed E-state index contributed by atoms with van der Waals surface area (Å²) in [6, 6.07) is 95.4. The number of benzene rings is 12. The third-order valence-corrected chi connectivity index (χ3v) is 14.3. The van der Waals surface area contributed by atoms with E-state index in [0.29, 0.717) is 0 Å². The van der Waals surface area contributed by atoms with Crippen LogP contribution in [0.2, 0.25) is 0 Å². The molecular formula is C71H51N. The standard InChI is InChI=1S/C71H51N/c1-3-23-56(4-2)72(57-30-12-7-13-31-57)58-46-44-53(45-47-58)69-61-34-16-20-38-65(61)71(66-39-21-17-35-62(66)69)55-29-22-28-54(48-55)70-63-36-18-14-32-59(63)68(60-33-15-19-37-64(60)70)52-42-40-51(41-43-52)67(49-24-8-5-9-25-49)50-26-10-6-11-27-50/h3-48,67H,1-2H2/b56-23+. The van der Waals surface area contributed by atoms with Crippen molar-refractivity contribution in [1.82, 2.24) is 0 Å². The van der Waals surface area contributed by atoms with Gasteiger partial charge in [-0.15, -0.1) is 0 Å². The Kier molecular flexibility index (Phi) is 11.7. The molecule has 0 radical (unpaired) electrons. The van der Waals surface area contributed by atoms with Crippen molar-refractivity contribution in [3.63, 3.8) is 0 Å². The average Bonchev–Trinajstić information content (AvgIpc) is 3.45. The fraction of sp³-hybridized carbons (Fsp3) is 0.0141. The zero-order valence-electron chi connectivity index (χ0n) is 40.0. The Morgan fingerprint density at radius 1 is 0.306 bits per heavy atom. The number of fused-ring (bicyclic) bond motifs is 4. The summed E-state index contributed by atoms with van der Waals surface area (Å²) in [6.07, 6.45) is 5.69. The summed E-state index contributed by atoms with van der Waals surface area (Å²) in [5.41, 5.74) is 16.6. The maximum absolute atomic E-state index is 4.15. The zero-order chi connectivity index (χ0) is 48.4. The van der Waals surface area contributed by atoms with E-state index >= 15 is 0 Å². The third kappa shape index (κ3) is 7.88. The van der Waals surface area contributed by atoms with Crippen LogP contribution in [0.3, 0.4) is 0 Å². The van der Waals surface area contributed by atoms with Crippen molar-refractivity contribution in [2.24, 2.45) is 0 Å². The van der Waals surface area contributed by atoms with Crippen LogP contribution in [0.4, 0.5) is 11.4 Å². The summed E-state index contributed by atoms with van der Waals surface area (Å²) < 4.78 is 0. The fourth-order valence-electron chi connectivity index (χ4n) is 11.2. The van der Waals surface area contributed by atoms with Gasteiger partial charge in [0.1, 0.15) is 0 Å². The van der Waals surface area contributed by atoms with Crippen molar-refractivity contribution in [2.75, 3.05) is 4.90 Å². The van der Waals surface area contributed by atoms with E-state index in [2.05, 4.69) is 273 Å². The Bertz CT molecular complexity index is 3830. The Labute approximate surface area is 422 Å². The van der Waals surface area contributed by atoms with Gasteiger partial charge < -0.3 is 4.90 Å². The molecule has 0 saturated heterocycles. The highest BCUT2D eigenvalue weighted by molar-refractivity contribution is 6.23. The van der Waals surface area contributed by atoms with Crippen LogP contribution in [0.15, 0.2) is 298 Å². The molecule has 72 heavy (non-hydrogen) atoms. The first-order valence-electron chi connectivity index (χ1n) is 24.8. The molecule has 0 spiro atoms. The highest BCUT2D eigenvalue weighted by atomic mass is 15.1. The van der Waals surface area contributed by atoms with Crippen LogP contribution in [-0.4, -0.2) is 0 Å². The number of allylic oxidation sites excluding steroid dienone is 3. The Morgan fingerprint density at radius 3 is 1.00 bits per heavy atom. The van der Waals surface area contributed by atoms with Gasteiger partial charge >= 0.3 is 0 Å². The third-order valence-electron chi connectivity index (χ3n) is 14.3. The molecule has 0 unspecified atom stereocenters. The highest BCUT2D eigenvalue weighted by Crippen LogP contribution is 2.48. The Morgan fingerprint density at radius 2 is 0.625 bits per heavy atom. The van der Waals surface area contributed by atoms with Gasteiger partial charge in [-0.2, -0.15) is 0 Å². The topological polar surface area (TPSA) is 3.24 Å². The largest absolute Gasteiger partial charge is 0.311 e. The molecule has 0 bridgehead atoms. The molecule has 0 aromatic heterocycles. The minimum Gasteiger partial charge on any atom is -0.311 e. The van der Waals surface area contributed by atoms with Crippen LogP contribution in [0, 0.1) is 0 Å². The van der Waals surface area contributed by atoms with Crippen molar-refractivity contribution < 1.29 is 0 Å². The lowest BCUT2D eigenvalue weighted by atomic mass is 9.82. The minimum absolute atomic E-state index is 0.134. The van der Waals surface area contributed by atoms with Gasteiger partial charge in [0, 0.05) is 23.0 Å². The number of anilines is 2. The molecule has 0 aliphatic heterocycles. The molecule has 0 N–H and O–H groups in total. The maximum atomic E-state index is 4.15. The van der Waals surface area contributed by atoms with E-state index in [0.717, 1.165) is 22.6 Å². The van der Waals surface area contributed by atoms with E-state index in [9.17, 15) is 0 Å². The van der Waals surface area contributed by atoms with E-state index in [1.165, 1.54) is 98.7 Å². The molecule has 1 nitrogen and oxygen atoms in total. The van der Waals surface area contributed by atoms with Gasteiger partial charge in [0.25, 0.3) is 0 Å². The lowest BCUT2D eigenvalue weighted by Gasteiger charge is -2.26. The second kappa shape index (κ2) is 19.2. The van der Waals surface area contributed by atoms with Crippen LogP contribution in [0.25, 0.3) is 87.6 Å². The molecule has 12 aromatic rings. The van der Waals surface area contributed by atoms with Crippen LogP contribution in [-0.2, 0) is 0 Å². The number of hydrogen-bond acceptors (Lipinski definition) is 1. The predicted octanol–water partition coefficient (Wildman–Crippen LogP) is 19.5. The molecule has 0 amide bonds. The molecular weight excluding hydrogens is 867 g/mol. The number of hydrogen-bond donors (Lipinski definition) is 0. The first kappa shape index (κ1) is 43.9. The van der Waals surface area contributed by atoms with E-state index in [-0.39, 0.29) is 5.92 Å². The van der Waals surface area contributed by atoms with Crippen LogP contribution in [0.1, 0.15) is 22.6 Å². The van der Waals surface area contributed by atoms with Crippen molar-refractivity contribution in [2.45, 2.75) is 5.92 Å². The molecule has 0 heterocycles. The summed E-state index contributed by atoms with van der Waals surface area (Å²) in [5, 5.41) is 9.82. The van der Waals surface area contributed by atoms with Crippen molar-refractivity contribution in [1.29, 1.82) is 0 Å². The van der Waals surface area contributed by atoms with Crippen LogP contribution in [0.5, 0.6) is 0 Å². The van der Waals surface area contributed by atoms with Gasteiger partial charge in [0.2, 0.25) is 0 Å². The molecule has 12 aromatic carbocycles. The van der Waals surface area contributed by atoms with Gasteiger partial charge in [-0.1, -0.05) is 250 Å². The van der Waals surface area contributed by atoms with Crippen molar-refractivity contribution in [3.8, 4) is 44.5 Å². The fourth-order valence-corrected chi connectivity index (χ4v) is 11.2. The maximum Gasteiger partial charge on any atom is 0.0462 e. The summed E-state index contributed by atoms with van der Waals surface area (Å²) in [4.78, 5) is 2.22. The molecule has 340 valence electrons. The van der Waals surface area contributed by atoms with Crippen LogP contribution >= 0.6 is 0 Å². The molecule has 0 fully saturated rings. The van der Waals surface area contributed by atoms with E-state index in [1.807, 2.05) is 24.3 Å². The molecule has 0 aliphatic rings. The summed E-state index contributed by atoms with van der Waals surface area (Å²) in [6.45, 7) is 8.13. The lowest BCUT2D eigenvalue weighted by Crippen LogP contribution is -2.14. The van der Waals surface area contributed by atoms with E-state index < -0.39 is 0 Å². The Hall–Kier alpha value is -9.30. The summed E-state index contributed by atoms with van der Waals surface area (Å²) in [5.74, 6) is 0.134. The van der Waals surface area contributed by atoms with E-state index in [4.69, 9.17) is 0 Å². The molecule has 1 heteroatoms. The Balaban J connectivity index is 0.985. The van der Waals surface area contributed by atoms with Gasteiger partial charge in [0.15, 0.2) is 0 Å². The summed E-state index contributed by atoms with van der Waals surface area (Å²) >= 11 is 0. The number of rotatable bonds is 12. The molecule has 0 aliphatic carbocycles. The van der Waals surface area contributed by atoms with Gasteiger partial charge in [0.05, 0.1) is 0 Å². The molecule has 12 rings (SSSR count). The van der Waals surface area contributed by atoms with Gasteiger partial charge in [-0.25, -0.2) is 0 Å². The second-order valence-electron chi connectivity index (χ2n) is 18.4. The predicted molar refractivity (Wildman–Crippen MR) is 309 cm³/mol. The minimum atomic E-state index is 0.134.